The van der Waals surface area contributed by atoms with Gasteiger partial charge in [-0.2, -0.15) is 0 Å². The summed E-state index contributed by atoms with van der Waals surface area (Å²) >= 11 is 0. The fraction of sp³-hybridized carbons (Fsp3) is 0.611. The number of hydrogen-bond acceptors (Lipinski definition) is 2. The van der Waals surface area contributed by atoms with Crippen molar-refractivity contribution in [1.82, 2.24) is 4.90 Å². The van der Waals surface area contributed by atoms with Crippen LogP contribution in [-0.4, -0.2) is 29.1 Å². The minimum absolute atomic E-state index is 0.0109. The Hall–Kier alpha value is -1.35. The van der Waals surface area contributed by atoms with Gasteiger partial charge < -0.3 is 5.11 Å². The molecule has 0 amide bonds. The molecule has 0 radical (unpaired) electrons. The third-order valence-electron chi connectivity index (χ3n) is 4.36. The zero-order valence-corrected chi connectivity index (χ0v) is 13.4. The first-order chi connectivity index (χ1) is 9.88. The summed E-state index contributed by atoms with van der Waals surface area (Å²) in [6.45, 7) is 8.61. The molecule has 2 rings (SSSR count). The number of likely N-dealkylation sites (tertiary alicyclic amines) is 1. The maximum Gasteiger partial charge on any atom is 0.305 e. The summed E-state index contributed by atoms with van der Waals surface area (Å²) < 4.78 is 0. The van der Waals surface area contributed by atoms with Crippen LogP contribution < -0.4 is 0 Å². The van der Waals surface area contributed by atoms with Crippen molar-refractivity contribution in [3.8, 4) is 0 Å². The minimum Gasteiger partial charge on any atom is -0.481 e. The summed E-state index contributed by atoms with van der Waals surface area (Å²) in [5.74, 6) is -0.717. The van der Waals surface area contributed by atoms with Crippen LogP contribution >= 0.6 is 0 Å². The van der Waals surface area contributed by atoms with Crippen LogP contribution in [0.5, 0.6) is 0 Å². The Bertz CT molecular complexity index is 467. The number of rotatable bonds is 4. The van der Waals surface area contributed by atoms with Crippen LogP contribution in [0.4, 0.5) is 0 Å². The molecule has 1 atom stereocenters. The first kappa shape index (κ1) is 16.0. The van der Waals surface area contributed by atoms with E-state index in [-0.39, 0.29) is 17.9 Å². The Morgan fingerprint density at radius 2 is 1.71 bits per heavy atom. The Kier molecular flexibility index (Phi) is 5.04. The van der Waals surface area contributed by atoms with Crippen LogP contribution in [0.1, 0.15) is 63.6 Å². The molecule has 0 spiro atoms. The van der Waals surface area contributed by atoms with Crippen LogP contribution in [0.3, 0.4) is 0 Å². The highest BCUT2D eigenvalue weighted by atomic mass is 16.4. The zero-order valence-electron chi connectivity index (χ0n) is 13.4. The SMILES string of the molecule is CC(C)(C)c1ccc(C(CC(=O)O)N2CCCCC2)cc1. The van der Waals surface area contributed by atoms with Crippen molar-refractivity contribution >= 4 is 5.97 Å². The molecule has 1 saturated heterocycles. The summed E-state index contributed by atoms with van der Waals surface area (Å²) in [7, 11) is 0. The minimum atomic E-state index is -0.717. The van der Waals surface area contributed by atoms with Gasteiger partial charge in [0.25, 0.3) is 0 Å². The van der Waals surface area contributed by atoms with E-state index in [2.05, 4.69) is 49.9 Å². The predicted molar refractivity (Wildman–Crippen MR) is 85.6 cm³/mol. The van der Waals surface area contributed by atoms with Gasteiger partial charge in [-0.05, 0) is 42.5 Å². The fourth-order valence-electron chi connectivity index (χ4n) is 3.06. The van der Waals surface area contributed by atoms with Gasteiger partial charge in [-0.3, -0.25) is 9.69 Å². The average molecular weight is 289 g/mol. The summed E-state index contributed by atoms with van der Waals surface area (Å²) in [4.78, 5) is 13.6. The summed E-state index contributed by atoms with van der Waals surface area (Å²) in [6.07, 6.45) is 3.81. The molecule has 1 aliphatic heterocycles. The van der Waals surface area contributed by atoms with E-state index in [4.69, 9.17) is 0 Å². The number of hydrogen-bond donors (Lipinski definition) is 1. The monoisotopic (exact) mass is 289 g/mol. The molecule has 1 fully saturated rings. The fourth-order valence-corrected chi connectivity index (χ4v) is 3.06. The molecule has 1 aromatic carbocycles. The Balaban J connectivity index is 2.21. The molecule has 1 aliphatic rings. The van der Waals surface area contributed by atoms with E-state index in [1.807, 2.05) is 0 Å². The topological polar surface area (TPSA) is 40.5 Å². The van der Waals surface area contributed by atoms with Crippen LogP contribution in [0.25, 0.3) is 0 Å². The predicted octanol–water partition coefficient (Wildman–Crippen LogP) is 3.99. The number of carboxylic acid groups (broad SMARTS) is 1. The Morgan fingerprint density at radius 3 is 2.19 bits per heavy atom. The maximum absolute atomic E-state index is 11.2. The van der Waals surface area contributed by atoms with Gasteiger partial charge in [-0.25, -0.2) is 0 Å². The third kappa shape index (κ3) is 4.31. The van der Waals surface area contributed by atoms with Crippen LogP contribution in [-0.2, 0) is 10.2 Å². The van der Waals surface area contributed by atoms with E-state index >= 15 is 0 Å². The van der Waals surface area contributed by atoms with E-state index in [1.54, 1.807) is 0 Å². The largest absolute Gasteiger partial charge is 0.481 e. The van der Waals surface area contributed by atoms with Gasteiger partial charge in [0.1, 0.15) is 0 Å². The van der Waals surface area contributed by atoms with Crippen LogP contribution in [0.15, 0.2) is 24.3 Å². The first-order valence-corrected chi connectivity index (χ1v) is 7.94. The Morgan fingerprint density at radius 1 is 1.14 bits per heavy atom. The molecule has 0 aromatic heterocycles. The van der Waals surface area contributed by atoms with Gasteiger partial charge in [0, 0.05) is 6.04 Å². The van der Waals surface area contributed by atoms with Crippen molar-refractivity contribution in [2.24, 2.45) is 0 Å². The van der Waals surface area contributed by atoms with Crippen molar-refractivity contribution in [2.75, 3.05) is 13.1 Å². The van der Waals surface area contributed by atoms with Gasteiger partial charge in [0.05, 0.1) is 6.42 Å². The van der Waals surface area contributed by atoms with Crippen molar-refractivity contribution in [3.05, 3.63) is 35.4 Å². The second-order valence-corrected chi connectivity index (χ2v) is 7.08. The number of carbonyl (C=O) groups is 1. The Labute approximate surface area is 128 Å². The van der Waals surface area contributed by atoms with Gasteiger partial charge in [-0.1, -0.05) is 51.5 Å². The molecule has 1 unspecified atom stereocenters. The lowest BCUT2D eigenvalue weighted by Crippen LogP contribution is -2.35. The van der Waals surface area contributed by atoms with Crippen molar-refractivity contribution in [1.29, 1.82) is 0 Å². The third-order valence-corrected chi connectivity index (χ3v) is 4.36. The molecule has 3 heteroatoms. The lowest BCUT2D eigenvalue weighted by Gasteiger charge is -2.34. The molecular formula is C18H27NO2. The average Bonchev–Trinajstić information content (AvgIpc) is 2.45. The number of benzene rings is 1. The zero-order chi connectivity index (χ0) is 15.5. The summed E-state index contributed by atoms with van der Waals surface area (Å²) in [5, 5.41) is 9.23. The second kappa shape index (κ2) is 6.61. The van der Waals surface area contributed by atoms with E-state index in [9.17, 15) is 9.90 Å². The highest BCUT2D eigenvalue weighted by Gasteiger charge is 2.25. The molecular weight excluding hydrogens is 262 g/mol. The van der Waals surface area contributed by atoms with Gasteiger partial charge in [0.2, 0.25) is 0 Å². The normalized spacial score (nSPS) is 18.4. The maximum atomic E-state index is 11.2. The second-order valence-electron chi connectivity index (χ2n) is 7.08. The van der Waals surface area contributed by atoms with Crippen molar-refractivity contribution < 1.29 is 9.90 Å². The van der Waals surface area contributed by atoms with Gasteiger partial charge in [-0.15, -0.1) is 0 Å². The van der Waals surface area contributed by atoms with E-state index in [0.717, 1.165) is 18.7 Å². The standard InChI is InChI=1S/C18H27NO2/c1-18(2,3)15-9-7-14(8-10-15)16(13-17(20)21)19-11-5-4-6-12-19/h7-10,16H,4-6,11-13H2,1-3H3,(H,20,21). The number of piperidine rings is 1. The van der Waals surface area contributed by atoms with E-state index in [1.165, 1.54) is 24.8 Å². The first-order valence-electron chi connectivity index (χ1n) is 7.94. The molecule has 0 bridgehead atoms. The molecule has 116 valence electrons. The molecule has 0 saturated carbocycles. The highest BCUT2D eigenvalue weighted by Crippen LogP contribution is 2.30. The van der Waals surface area contributed by atoms with Crippen molar-refractivity contribution in [3.63, 3.8) is 0 Å². The molecule has 21 heavy (non-hydrogen) atoms. The van der Waals surface area contributed by atoms with Crippen LogP contribution in [0, 0.1) is 0 Å². The smallest absolute Gasteiger partial charge is 0.305 e. The van der Waals surface area contributed by atoms with Gasteiger partial charge in [0.15, 0.2) is 0 Å². The highest BCUT2D eigenvalue weighted by molar-refractivity contribution is 5.68. The molecule has 3 nitrogen and oxygen atoms in total. The quantitative estimate of drug-likeness (QED) is 0.911. The summed E-state index contributed by atoms with van der Waals surface area (Å²) in [6, 6.07) is 8.53. The lowest BCUT2D eigenvalue weighted by atomic mass is 9.86. The van der Waals surface area contributed by atoms with Gasteiger partial charge >= 0.3 is 5.97 Å². The van der Waals surface area contributed by atoms with Crippen molar-refractivity contribution in [2.45, 2.75) is 57.9 Å². The van der Waals surface area contributed by atoms with Crippen LogP contribution in [0.2, 0.25) is 0 Å². The van der Waals surface area contributed by atoms with E-state index < -0.39 is 5.97 Å². The molecule has 1 aromatic rings. The number of carboxylic acids is 1. The molecule has 1 heterocycles. The molecule has 1 N–H and O–H groups in total. The number of nitrogens with zero attached hydrogens (tertiary/aromatic N) is 1. The summed E-state index contributed by atoms with van der Waals surface area (Å²) in [5.41, 5.74) is 2.55. The molecule has 0 aliphatic carbocycles. The number of aliphatic carboxylic acids is 1. The van der Waals surface area contributed by atoms with E-state index in [0.29, 0.717) is 0 Å². The lowest BCUT2D eigenvalue weighted by molar-refractivity contribution is -0.138.